The Labute approximate surface area is 225 Å². The topological polar surface area (TPSA) is 113 Å². The number of fused-ring (bicyclic) bond motifs is 1. The third-order valence-electron chi connectivity index (χ3n) is 6.68. The van der Waals surface area contributed by atoms with Crippen LogP contribution in [0.2, 0.25) is 0 Å². The summed E-state index contributed by atoms with van der Waals surface area (Å²) in [6.07, 6.45) is 2.91. The van der Waals surface area contributed by atoms with Crippen molar-refractivity contribution in [1.29, 1.82) is 5.26 Å². The van der Waals surface area contributed by atoms with Crippen LogP contribution in [0.5, 0.6) is 0 Å². The van der Waals surface area contributed by atoms with Gasteiger partial charge in [0.15, 0.2) is 11.0 Å². The highest BCUT2D eigenvalue weighted by Crippen LogP contribution is 2.44. The molecule has 2 aromatic heterocycles. The number of thiophene rings is 1. The zero-order chi connectivity index (χ0) is 26.7. The number of carbonyl (C=O) groups excluding carboxylic acids is 2. The van der Waals surface area contributed by atoms with E-state index in [1.165, 1.54) is 23.6 Å². The molecule has 37 heavy (non-hydrogen) atoms. The van der Waals surface area contributed by atoms with Gasteiger partial charge in [0.1, 0.15) is 11.1 Å². The number of amides is 2. The molecule has 1 aliphatic rings. The highest BCUT2D eigenvalue weighted by molar-refractivity contribution is 7.99. The molecule has 0 saturated carbocycles. The van der Waals surface area contributed by atoms with Crippen molar-refractivity contribution in [2.45, 2.75) is 65.6 Å². The van der Waals surface area contributed by atoms with Crippen LogP contribution in [0.4, 0.5) is 10.7 Å². The number of rotatable bonds is 7. The summed E-state index contributed by atoms with van der Waals surface area (Å²) in [6.45, 7) is 10.9. The molecule has 10 heteroatoms. The minimum Gasteiger partial charge on any atom is -0.326 e. The number of anilines is 2. The number of nitriles is 1. The summed E-state index contributed by atoms with van der Waals surface area (Å²) in [4.78, 5) is 25.4. The van der Waals surface area contributed by atoms with Crippen molar-refractivity contribution in [3.8, 4) is 17.5 Å². The van der Waals surface area contributed by atoms with Crippen molar-refractivity contribution in [2.24, 2.45) is 11.3 Å². The van der Waals surface area contributed by atoms with Crippen molar-refractivity contribution in [3.05, 3.63) is 40.3 Å². The molecule has 1 aliphatic carbocycles. The van der Waals surface area contributed by atoms with E-state index in [1.807, 2.05) is 35.8 Å². The second-order valence-electron chi connectivity index (χ2n) is 10.3. The molecular weight excluding hydrogens is 504 g/mol. The molecule has 1 atom stereocenters. The van der Waals surface area contributed by atoms with Gasteiger partial charge in [0, 0.05) is 29.6 Å². The third kappa shape index (κ3) is 6.05. The van der Waals surface area contributed by atoms with Crippen molar-refractivity contribution in [3.63, 3.8) is 0 Å². The fraction of sp³-hybridized carbons (Fsp3) is 0.444. The zero-order valence-corrected chi connectivity index (χ0v) is 23.5. The minimum atomic E-state index is -0.167. The number of aromatic nitrogens is 3. The lowest BCUT2D eigenvalue weighted by molar-refractivity contribution is -0.114. The maximum Gasteiger partial charge on any atom is 0.235 e. The van der Waals surface area contributed by atoms with E-state index < -0.39 is 0 Å². The summed E-state index contributed by atoms with van der Waals surface area (Å²) in [5, 5.41) is 25.5. The summed E-state index contributed by atoms with van der Waals surface area (Å²) in [6, 6.07) is 9.74. The Morgan fingerprint density at radius 1 is 1.22 bits per heavy atom. The van der Waals surface area contributed by atoms with Crippen molar-refractivity contribution in [1.82, 2.24) is 14.8 Å². The molecule has 0 aliphatic heterocycles. The van der Waals surface area contributed by atoms with Crippen molar-refractivity contribution in [2.75, 3.05) is 16.4 Å². The van der Waals surface area contributed by atoms with E-state index in [0.717, 1.165) is 30.4 Å². The monoisotopic (exact) mass is 536 g/mol. The van der Waals surface area contributed by atoms with Crippen LogP contribution in [-0.4, -0.2) is 32.3 Å². The first-order valence-corrected chi connectivity index (χ1v) is 14.2. The molecule has 1 aromatic carbocycles. The summed E-state index contributed by atoms with van der Waals surface area (Å²) >= 11 is 2.87. The largest absolute Gasteiger partial charge is 0.326 e. The third-order valence-corrected chi connectivity index (χ3v) is 8.82. The molecular formula is C27H32N6O2S2. The Hall–Kier alpha value is -3.16. The summed E-state index contributed by atoms with van der Waals surface area (Å²) in [7, 11) is 0. The van der Waals surface area contributed by atoms with Crippen molar-refractivity contribution < 1.29 is 9.59 Å². The van der Waals surface area contributed by atoms with E-state index in [0.29, 0.717) is 39.7 Å². The zero-order valence-electron chi connectivity index (χ0n) is 21.8. The Balaban J connectivity index is 1.43. The number of thioether (sulfide) groups is 1. The lowest BCUT2D eigenvalue weighted by Crippen LogP contribution is -2.26. The number of hydrogen-bond donors (Lipinski definition) is 2. The van der Waals surface area contributed by atoms with Crippen molar-refractivity contribution >= 4 is 45.6 Å². The van der Waals surface area contributed by atoms with Crippen LogP contribution in [0.15, 0.2) is 29.4 Å². The fourth-order valence-corrected chi connectivity index (χ4v) is 6.72. The van der Waals surface area contributed by atoms with Gasteiger partial charge in [0.25, 0.3) is 0 Å². The normalized spacial score (nSPS) is 15.1. The molecule has 0 fully saturated rings. The molecule has 194 valence electrons. The van der Waals surface area contributed by atoms with Gasteiger partial charge in [-0.05, 0) is 67.3 Å². The molecule has 0 unspecified atom stereocenters. The van der Waals surface area contributed by atoms with Crippen LogP contribution in [0.1, 0.15) is 57.0 Å². The van der Waals surface area contributed by atoms with Gasteiger partial charge < -0.3 is 15.2 Å². The fourth-order valence-electron chi connectivity index (χ4n) is 4.62. The van der Waals surface area contributed by atoms with E-state index in [2.05, 4.69) is 47.7 Å². The quantitative estimate of drug-likeness (QED) is 0.373. The van der Waals surface area contributed by atoms with Crippen LogP contribution in [0, 0.1) is 22.7 Å². The van der Waals surface area contributed by atoms with Gasteiger partial charge in [0.2, 0.25) is 11.8 Å². The molecule has 2 heterocycles. The van der Waals surface area contributed by atoms with Crippen LogP contribution < -0.4 is 10.6 Å². The van der Waals surface area contributed by atoms with Gasteiger partial charge in [-0.2, -0.15) is 5.26 Å². The second-order valence-corrected chi connectivity index (χ2v) is 12.3. The van der Waals surface area contributed by atoms with Crippen LogP contribution in [0.3, 0.4) is 0 Å². The molecule has 0 radical (unpaired) electrons. The standard InChI is InChI=1S/C27H32N6O2S2/c1-6-33-24(17-7-10-19(11-8-17)29-16(2)34)31-32-26(33)36-15-23(35)30-25-21(14-28)20-12-9-18(27(3,4)5)13-22(20)37-25/h7-8,10-11,18H,6,9,12-13,15H2,1-5H3,(H,29,34)(H,30,35)/t18-/m1/s1. The molecule has 8 nitrogen and oxygen atoms in total. The maximum absolute atomic E-state index is 12.9. The number of nitrogens with one attached hydrogen (secondary N) is 2. The molecule has 2 amide bonds. The van der Waals surface area contributed by atoms with E-state index in [-0.39, 0.29) is 23.0 Å². The van der Waals surface area contributed by atoms with E-state index >= 15 is 0 Å². The Bertz CT molecular complexity index is 1340. The van der Waals surface area contributed by atoms with E-state index in [4.69, 9.17) is 0 Å². The first-order chi connectivity index (χ1) is 17.6. The molecule has 0 bridgehead atoms. The minimum absolute atomic E-state index is 0.125. The predicted octanol–water partition coefficient (Wildman–Crippen LogP) is 5.74. The lowest BCUT2D eigenvalue weighted by Gasteiger charge is -2.33. The van der Waals surface area contributed by atoms with Gasteiger partial charge >= 0.3 is 0 Å². The van der Waals surface area contributed by atoms with Crippen LogP contribution in [-0.2, 0) is 29.0 Å². The van der Waals surface area contributed by atoms with E-state index in [9.17, 15) is 14.9 Å². The molecule has 4 rings (SSSR count). The summed E-state index contributed by atoms with van der Waals surface area (Å²) in [5.41, 5.74) is 3.53. The second kappa shape index (κ2) is 11.1. The number of hydrogen-bond acceptors (Lipinski definition) is 7. The lowest BCUT2D eigenvalue weighted by atomic mass is 9.72. The molecule has 2 N–H and O–H groups in total. The number of nitrogens with zero attached hydrogens (tertiary/aromatic N) is 4. The number of benzene rings is 1. The molecule has 3 aromatic rings. The van der Waals surface area contributed by atoms with Gasteiger partial charge in [-0.1, -0.05) is 32.5 Å². The van der Waals surface area contributed by atoms with Gasteiger partial charge in [0.05, 0.1) is 11.3 Å². The average molecular weight is 537 g/mol. The summed E-state index contributed by atoms with van der Waals surface area (Å²) < 4.78 is 1.96. The van der Waals surface area contributed by atoms with Crippen LogP contribution >= 0.6 is 23.1 Å². The Morgan fingerprint density at radius 2 is 1.95 bits per heavy atom. The van der Waals surface area contributed by atoms with Gasteiger partial charge in [-0.25, -0.2) is 0 Å². The SMILES string of the molecule is CCn1c(SCC(=O)Nc2sc3c(c2C#N)CC[C@@H](C(C)(C)C)C3)nnc1-c1ccc(NC(C)=O)cc1. The first kappa shape index (κ1) is 26.9. The number of carbonyl (C=O) groups is 2. The van der Waals surface area contributed by atoms with Crippen LogP contribution in [0.25, 0.3) is 11.4 Å². The maximum atomic E-state index is 12.9. The summed E-state index contributed by atoms with van der Waals surface area (Å²) in [5.74, 6) is 1.14. The van der Waals surface area contributed by atoms with E-state index in [1.54, 1.807) is 11.3 Å². The molecule has 0 saturated heterocycles. The van der Waals surface area contributed by atoms with Gasteiger partial charge in [-0.3, -0.25) is 9.59 Å². The Morgan fingerprint density at radius 3 is 2.57 bits per heavy atom. The highest BCUT2D eigenvalue weighted by Gasteiger charge is 2.32. The molecule has 0 spiro atoms. The average Bonchev–Trinajstić information content (AvgIpc) is 3.41. The Kier molecular flexibility index (Phi) is 8.05. The highest BCUT2D eigenvalue weighted by atomic mass is 32.2. The van der Waals surface area contributed by atoms with Gasteiger partial charge in [-0.15, -0.1) is 21.5 Å². The first-order valence-electron chi connectivity index (χ1n) is 12.4. The predicted molar refractivity (Wildman–Crippen MR) is 149 cm³/mol. The smallest absolute Gasteiger partial charge is 0.235 e.